The van der Waals surface area contributed by atoms with Crippen molar-refractivity contribution in [2.45, 2.75) is 30.6 Å². The first-order chi connectivity index (χ1) is 14.4. The molecule has 1 saturated carbocycles. The Balaban J connectivity index is 1.43. The zero-order chi connectivity index (χ0) is 21.3. The number of rotatable bonds is 4. The minimum atomic E-state index is -3.75. The van der Waals surface area contributed by atoms with E-state index in [9.17, 15) is 13.2 Å². The van der Waals surface area contributed by atoms with Crippen molar-refractivity contribution in [2.75, 3.05) is 26.2 Å². The molecule has 0 N–H and O–H groups in total. The second-order valence-corrected chi connectivity index (χ2v) is 10.6. The minimum absolute atomic E-state index is 0.130. The van der Waals surface area contributed by atoms with Gasteiger partial charge in [-0.1, -0.05) is 23.7 Å². The molecule has 158 valence electrons. The number of nitriles is 1. The Morgan fingerprint density at radius 2 is 1.73 bits per heavy atom. The van der Waals surface area contributed by atoms with Gasteiger partial charge in [0, 0.05) is 30.6 Å². The molecule has 8 heteroatoms. The van der Waals surface area contributed by atoms with Gasteiger partial charge in [0.05, 0.1) is 17.5 Å². The third kappa shape index (κ3) is 4.31. The van der Waals surface area contributed by atoms with E-state index in [4.69, 9.17) is 16.9 Å². The quantitative estimate of drug-likeness (QED) is 0.719. The number of benzene rings is 2. The van der Waals surface area contributed by atoms with Gasteiger partial charge in [-0.2, -0.15) is 9.57 Å². The average molecular weight is 446 g/mol. The normalized spacial score (nSPS) is 23.5. The largest absolute Gasteiger partial charge is 0.340 e. The van der Waals surface area contributed by atoms with E-state index < -0.39 is 10.0 Å². The van der Waals surface area contributed by atoms with Crippen molar-refractivity contribution in [3.63, 3.8) is 0 Å². The number of fused-ring (bicyclic) bond motifs is 1. The molecule has 30 heavy (non-hydrogen) atoms. The maximum Gasteiger partial charge on any atom is 0.243 e. The fraction of sp³-hybridized carbons (Fsp3) is 0.455. The Kier molecular flexibility index (Phi) is 6.01. The number of hydrogen-bond acceptors (Lipinski definition) is 4. The van der Waals surface area contributed by atoms with Crippen LogP contribution < -0.4 is 0 Å². The van der Waals surface area contributed by atoms with Crippen LogP contribution in [0.4, 0.5) is 0 Å². The van der Waals surface area contributed by atoms with Gasteiger partial charge >= 0.3 is 0 Å². The van der Waals surface area contributed by atoms with Gasteiger partial charge in [0.15, 0.2) is 0 Å². The third-order valence-electron chi connectivity index (χ3n) is 6.20. The summed E-state index contributed by atoms with van der Waals surface area (Å²) < 4.78 is 27.5. The van der Waals surface area contributed by atoms with Crippen molar-refractivity contribution in [3.8, 4) is 6.07 Å². The molecular formula is C22H24ClN3O3S. The van der Waals surface area contributed by atoms with Crippen LogP contribution >= 0.6 is 11.6 Å². The Morgan fingerprint density at radius 1 is 1.03 bits per heavy atom. The van der Waals surface area contributed by atoms with Crippen LogP contribution in [0.5, 0.6) is 0 Å². The lowest BCUT2D eigenvalue weighted by molar-refractivity contribution is -0.134. The van der Waals surface area contributed by atoms with E-state index in [0.29, 0.717) is 30.6 Å². The van der Waals surface area contributed by atoms with E-state index in [-0.39, 0.29) is 23.3 Å². The maximum atomic E-state index is 13.1. The molecule has 1 heterocycles. The lowest BCUT2D eigenvalue weighted by Crippen LogP contribution is -2.53. The Morgan fingerprint density at radius 3 is 2.43 bits per heavy atom. The van der Waals surface area contributed by atoms with Crippen molar-refractivity contribution < 1.29 is 13.2 Å². The van der Waals surface area contributed by atoms with Crippen LogP contribution in [0.15, 0.2) is 41.3 Å². The molecular weight excluding hydrogens is 422 g/mol. The molecule has 2 aromatic rings. The summed E-state index contributed by atoms with van der Waals surface area (Å²) in [5.74, 6) is 0.380. The summed E-state index contributed by atoms with van der Waals surface area (Å²) in [6, 6.07) is 12.6. The summed E-state index contributed by atoms with van der Waals surface area (Å²) in [4.78, 5) is 14.7. The van der Waals surface area contributed by atoms with E-state index in [1.54, 1.807) is 41.3 Å². The van der Waals surface area contributed by atoms with E-state index >= 15 is 0 Å². The number of piperazine rings is 1. The van der Waals surface area contributed by atoms with Crippen LogP contribution in [0.3, 0.4) is 0 Å². The van der Waals surface area contributed by atoms with Gasteiger partial charge in [0.2, 0.25) is 15.9 Å². The lowest BCUT2D eigenvalue weighted by atomic mass is 9.82. The molecule has 2 aliphatic rings. The smallest absolute Gasteiger partial charge is 0.243 e. The number of halogens is 1. The Bertz CT molecular complexity index is 1100. The number of carbonyl (C=O) groups excluding carboxylic acids is 1. The molecule has 2 fully saturated rings. The number of nitrogens with zero attached hydrogens (tertiary/aromatic N) is 3. The maximum absolute atomic E-state index is 13.1. The highest BCUT2D eigenvalue weighted by Crippen LogP contribution is 2.30. The van der Waals surface area contributed by atoms with Crippen molar-refractivity contribution in [1.29, 1.82) is 5.26 Å². The molecule has 4 rings (SSSR count). The van der Waals surface area contributed by atoms with E-state index in [2.05, 4.69) is 6.07 Å². The molecule has 1 aliphatic heterocycles. The summed E-state index contributed by atoms with van der Waals surface area (Å²) in [7, 11) is -3.75. The molecule has 1 saturated heterocycles. The van der Waals surface area contributed by atoms with Gasteiger partial charge in [-0.3, -0.25) is 4.79 Å². The number of amides is 1. The van der Waals surface area contributed by atoms with E-state index in [1.165, 1.54) is 4.31 Å². The van der Waals surface area contributed by atoms with Crippen LogP contribution in [0.25, 0.3) is 10.8 Å². The van der Waals surface area contributed by atoms with E-state index in [1.807, 2.05) is 0 Å². The molecule has 2 aromatic carbocycles. The number of carbonyl (C=O) groups is 1. The fourth-order valence-corrected chi connectivity index (χ4v) is 5.97. The fourth-order valence-electron chi connectivity index (χ4n) is 4.38. The van der Waals surface area contributed by atoms with Crippen molar-refractivity contribution in [1.82, 2.24) is 9.21 Å². The Hall–Kier alpha value is -2.14. The van der Waals surface area contributed by atoms with Gasteiger partial charge in [-0.15, -0.1) is 0 Å². The molecule has 0 unspecified atom stereocenters. The standard InChI is InChI=1S/C22H24ClN3O3S/c23-20-7-5-19-12-21(8-6-18(19)11-20)30(28,29)26-10-9-25(22(27)15-26)14-17-3-1-16(13-24)2-4-17/h5-8,11-12,16-17H,1-4,9-10,14-15H2/t16-,17-. The summed E-state index contributed by atoms with van der Waals surface area (Å²) >= 11 is 6.00. The van der Waals surface area contributed by atoms with Crippen molar-refractivity contribution >= 4 is 38.3 Å². The van der Waals surface area contributed by atoms with E-state index in [0.717, 1.165) is 36.5 Å². The van der Waals surface area contributed by atoms with Crippen LogP contribution in [0, 0.1) is 23.2 Å². The second kappa shape index (κ2) is 8.54. The predicted octanol–water partition coefficient (Wildman–Crippen LogP) is 3.66. The molecule has 0 spiro atoms. The first-order valence-corrected chi connectivity index (χ1v) is 12.1. The molecule has 0 aromatic heterocycles. The number of sulfonamides is 1. The van der Waals surface area contributed by atoms with Gasteiger partial charge in [-0.05, 0) is 66.6 Å². The van der Waals surface area contributed by atoms with Crippen molar-refractivity contribution in [2.24, 2.45) is 11.8 Å². The second-order valence-electron chi connectivity index (χ2n) is 8.18. The molecule has 0 radical (unpaired) electrons. The Labute approximate surface area is 182 Å². The molecule has 1 aliphatic carbocycles. The highest BCUT2D eigenvalue weighted by Gasteiger charge is 2.34. The molecule has 1 amide bonds. The highest BCUT2D eigenvalue weighted by atomic mass is 35.5. The van der Waals surface area contributed by atoms with Crippen molar-refractivity contribution in [3.05, 3.63) is 41.4 Å². The van der Waals surface area contributed by atoms with Gasteiger partial charge in [0.1, 0.15) is 0 Å². The summed E-state index contributed by atoms with van der Waals surface area (Å²) in [6.45, 7) is 1.22. The van der Waals surface area contributed by atoms with Gasteiger partial charge in [0.25, 0.3) is 0 Å². The first-order valence-electron chi connectivity index (χ1n) is 10.2. The average Bonchev–Trinajstić information content (AvgIpc) is 2.75. The third-order valence-corrected chi connectivity index (χ3v) is 8.28. The summed E-state index contributed by atoms with van der Waals surface area (Å²) in [6.07, 6.45) is 3.67. The lowest BCUT2D eigenvalue weighted by Gasteiger charge is -2.36. The predicted molar refractivity (Wildman–Crippen MR) is 115 cm³/mol. The van der Waals surface area contributed by atoms with Gasteiger partial charge in [-0.25, -0.2) is 8.42 Å². The zero-order valence-electron chi connectivity index (χ0n) is 16.6. The SMILES string of the molecule is N#C[C@H]1CC[C@H](CN2CCN(S(=O)(=O)c3ccc4cc(Cl)ccc4c3)CC2=O)CC1. The van der Waals surface area contributed by atoms with Crippen LogP contribution in [-0.2, 0) is 14.8 Å². The molecule has 6 nitrogen and oxygen atoms in total. The summed E-state index contributed by atoms with van der Waals surface area (Å²) in [5.41, 5.74) is 0. The highest BCUT2D eigenvalue weighted by molar-refractivity contribution is 7.89. The summed E-state index contributed by atoms with van der Waals surface area (Å²) in [5, 5.41) is 11.3. The van der Waals surface area contributed by atoms with Crippen LogP contribution in [0.2, 0.25) is 5.02 Å². The van der Waals surface area contributed by atoms with Gasteiger partial charge < -0.3 is 4.90 Å². The zero-order valence-corrected chi connectivity index (χ0v) is 18.2. The molecule has 0 atom stereocenters. The molecule has 0 bridgehead atoms. The van der Waals surface area contributed by atoms with Crippen LogP contribution in [0.1, 0.15) is 25.7 Å². The number of hydrogen-bond donors (Lipinski definition) is 0. The minimum Gasteiger partial charge on any atom is -0.340 e. The van der Waals surface area contributed by atoms with Crippen LogP contribution in [-0.4, -0.2) is 49.7 Å². The monoisotopic (exact) mass is 445 g/mol. The topological polar surface area (TPSA) is 81.5 Å². The first kappa shape index (κ1) is 21.1.